The largest absolute Gasteiger partial charge is 0.445 e. The Balaban J connectivity index is 1.94. The van der Waals surface area contributed by atoms with Gasteiger partial charge < -0.3 is 14.5 Å². The highest BCUT2D eigenvalue weighted by molar-refractivity contribution is 5.07. The molecule has 0 aliphatic carbocycles. The predicted octanol–water partition coefficient (Wildman–Crippen LogP) is 0.199. The van der Waals surface area contributed by atoms with Crippen LogP contribution in [0.4, 0.5) is 0 Å². The third-order valence-corrected chi connectivity index (χ3v) is 3.12. The van der Waals surface area contributed by atoms with Crippen molar-refractivity contribution >= 4 is 0 Å². The maximum Gasteiger partial charge on any atom is 0.243 e. The maximum absolute atomic E-state index is 5.84. The molecule has 2 saturated heterocycles. The summed E-state index contributed by atoms with van der Waals surface area (Å²) >= 11 is 0. The van der Waals surface area contributed by atoms with Gasteiger partial charge in [-0.3, -0.25) is 5.32 Å². The molecule has 82 valence electrons. The monoisotopic (exact) mass is 209 g/mol. The van der Waals surface area contributed by atoms with E-state index in [1.54, 1.807) is 12.5 Å². The molecule has 15 heavy (non-hydrogen) atoms. The fourth-order valence-electron chi connectivity index (χ4n) is 2.45. The van der Waals surface area contributed by atoms with Crippen LogP contribution in [0.1, 0.15) is 18.7 Å². The lowest BCUT2D eigenvalue weighted by Gasteiger charge is -2.31. The van der Waals surface area contributed by atoms with Crippen LogP contribution in [0.3, 0.4) is 0 Å². The van der Waals surface area contributed by atoms with Gasteiger partial charge in [-0.15, -0.1) is 0 Å². The fraction of sp³-hybridized carbons (Fsp3) is 0.700. The first-order valence-electron chi connectivity index (χ1n) is 5.44. The van der Waals surface area contributed by atoms with E-state index in [2.05, 4.69) is 15.6 Å². The third kappa shape index (κ3) is 1.39. The van der Waals surface area contributed by atoms with E-state index < -0.39 is 5.72 Å². The van der Waals surface area contributed by atoms with E-state index >= 15 is 0 Å². The normalized spacial score (nSPS) is 36.1. The minimum absolute atomic E-state index is 0.263. The third-order valence-electron chi connectivity index (χ3n) is 3.12. The number of ether oxygens (including phenoxy) is 1. The Kier molecular flexibility index (Phi) is 2.23. The summed E-state index contributed by atoms with van der Waals surface area (Å²) in [4.78, 5) is 4.22. The second-order valence-electron chi connectivity index (χ2n) is 4.00. The van der Waals surface area contributed by atoms with E-state index in [-0.39, 0.29) is 6.04 Å². The SMILES string of the molecule is c1coc(C2(C3CCCN3)NCCO2)n1. The first-order valence-corrected chi connectivity index (χ1v) is 5.44. The van der Waals surface area contributed by atoms with Crippen LogP contribution >= 0.6 is 0 Å². The molecular formula is C10H15N3O2. The molecule has 0 bridgehead atoms. The highest BCUT2D eigenvalue weighted by Gasteiger charge is 2.48. The van der Waals surface area contributed by atoms with E-state index in [1.807, 2.05) is 0 Å². The molecule has 2 unspecified atom stereocenters. The Labute approximate surface area is 88.2 Å². The van der Waals surface area contributed by atoms with Crippen molar-refractivity contribution in [3.05, 3.63) is 18.4 Å². The molecule has 5 nitrogen and oxygen atoms in total. The Hall–Kier alpha value is -0.910. The van der Waals surface area contributed by atoms with Crippen molar-refractivity contribution in [2.45, 2.75) is 24.6 Å². The lowest BCUT2D eigenvalue weighted by atomic mass is 10.0. The summed E-state index contributed by atoms with van der Waals surface area (Å²) in [5.74, 6) is 0.638. The molecule has 3 rings (SSSR count). The number of aromatic nitrogens is 1. The number of rotatable bonds is 2. The quantitative estimate of drug-likeness (QED) is 0.728. The number of oxazole rings is 1. The molecule has 0 spiro atoms. The average Bonchev–Trinajstić information content (AvgIpc) is 3.02. The summed E-state index contributed by atoms with van der Waals surface area (Å²) in [6.07, 6.45) is 5.53. The molecule has 3 heterocycles. The number of hydrogen-bond acceptors (Lipinski definition) is 5. The molecule has 1 aromatic heterocycles. The van der Waals surface area contributed by atoms with E-state index in [0.29, 0.717) is 12.5 Å². The smallest absolute Gasteiger partial charge is 0.243 e. The van der Waals surface area contributed by atoms with Crippen LogP contribution < -0.4 is 10.6 Å². The molecule has 0 saturated carbocycles. The molecule has 2 N–H and O–H groups in total. The van der Waals surface area contributed by atoms with Gasteiger partial charge >= 0.3 is 0 Å². The topological polar surface area (TPSA) is 59.3 Å². The van der Waals surface area contributed by atoms with Crippen LogP contribution in [0.5, 0.6) is 0 Å². The van der Waals surface area contributed by atoms with E-state index in [1.165, 1.54) is 6.42 Å². The van der Waals surface area contributed by atoms with Gasteiger partial charge in [0.05, 0.1) is 18.8 Å². The first kappa shape index (κ1) is 9.33. The predicted molar refractivity (Wildman–Crippen MR) is 53.2 cm³/mol. The molecule has 2 fully saturated rings. The molecule has 0 aromatic carbocycles. The van der Waals surface area contributed by atoms with Gasteiger partial charge in [0.15, 0.2) is 0 Å². The van der Waals surface area contributed by atoms with Gasteiger partial charge in [-0.2, -0.15) is 0 Å². The summed E-state index contributed by atoms with van der Waals surface area (Å²) in [7, 11) is 0. The standard InChI is InChI=1S/C10H15N3O2/c1-2-8(11-3-1)10(13-5-7-15-10)9-12-4-6-14-9/h4,6,8,11,13H,1-3,5,7H2. The lowest BCUT2D eigenvalue weighted by molar-refractivity contribution is -0.0618. The van der Waals surface area contributed by atoms with Crippen LogP contribution in [-0.4, -0.2) is 30.7 Å². The van der Waals surface area contributed by atoms with Gasteiger partial charge in [-0.05, 0) is 19.4 Å². The zero-order chi connectivity index (χ0) is 10.1. The summed E-state index contributed by atoms with van der Waals surface area (Å²) in [6, 6.07) is 0.263. The van der Waals surface area contributed by atoms with Crippen molar-refractivity contribution in [3.63, 3.8) is 0 Å². The second-order valence-corrected chi connectivity index (χ2v) is 4.00. The lowest BCUT2D eigenvalue weighted by Crippen LogP contribution is -2.53. The van der Waals surface area contributed by atoms with Crippen LogP contribution in [0.15, 0.2) is 16.9 Å². The highest BCUT2D eigenvalue weighted by atomic mass is 16.5. The van der Waals surface area contributed by atoms with Crippen molar-refractivity contribution in [1.29, 1.82) is 0 Å². The Morgan fingerprint density at radius 3 is 3.07 bits per heavy atom. The second kappa shape index (κ2) is 3.59. The number of nitrogens with zero attached hydrogens (tertiary/aromatic N) is 1. The molecule has 2 atom stereocenters. The molecule has 5 heteroatoms. The van der Waals surface area contributed by atoms with Crippen LogP contribution in [0.25, 0.3) is 0 Å². The van der Waals surface area contributed by atoms with Crippen LogP contribution in [0, 0.1) is 0 Å². The summed E-state index contributed by atoms with van der Waals surface area (Å²) in [5, 5.41) is 6.81. The van der Waals surface area contributed by atoms with Crippen molar-refractivity contribution in [3.8, 4) is 0 Å². The van der Waals surface area contributed by atoms with Crippen LogP contribution in [-0.2, 0) is 10.5 Å². The van der Waals surface area contributed by atoms with Gasteiger partial charge in [0.25, 0.3) is 0 Å². The summed E-state index contributed by atoms with van der Waals surface area (Å²) in [5.41, 5.74) is -0.542. The highest BCUT2D eigenvalue weighted by Crippen LogP contribution is 2.32. The van der Waals surface area contributed by atoms with Gasteiger partial charge in [-0.1, -0.05) is 0 Å². The fourth-order valence-corrected chi connectivity index (χ4v) is 2.45. The van der Waals surface area contributed by atoms with E-state index in [9.17, 15) is 0 Å². The minimum atomic E-state index is -0.542. The van der Waals surface area contributed by atoms with Gasteiger partial charge in [0.1, 0.15) is 6.26 Å². The molecule has 2 aliphatic rings. The summed E-state index contributed by atoms with van der Waals surface area (Å²) < 4.78 is 11.2. The molecule has 0 amide bonds. The Morgan fingerprint density at radius 1 is 1.47 bits per heavy atom. The zero-order valence-corrected chi connectivity index (χ0v) is 8.53. The van der Waals surface area contributed by atoms with Gasteiger partial charge in [0.2, 0.25) is 11.6 Å². The maximum atomic E-state index is 5.84. The number of hydrogen-bond donors (Lipinski definition) is 2. The Bertz CT molecular complexity index is 313. The molecule has 2 aliphatic heterocycles. The molecule has 0 radical (unpaired) electrons. The van der Waals surface area contributed by atoms with Gasteiger partial charge in [0, 0.05) is 6.54 Å². The molecule has 1 aromatic rings. The van der Waals surface area contributed by atoms with Crippen molar-refractivity contribution in [2.24, 2.45) is 0 Å². The van der Waals surface area contributed by atoms with Crippen LogP contribution in [0.2, 0.25) is 0 Å². The van der Waals surface area contributed by atoms with E-state index in [0.717, 1.165) is 19.5 Å². The Morgan fingerprint density at radius 2 is 2.47 bits per heavy atom. The first-order chi connectivity index (χ1) is 7.42. The van der Waals surface area contributed by atoms with Crippen molar-refractivity contribution in [1.82, 2.24) is 15.6 Å². The van der Waals surface area contributed by atoms with E-state index in [4.69, 9.17) is 9.15 Å². The minimum Gasteiger partial charge on any atom is -0.445 e. The van der Waals surface area contributed by atoms with Crippen molar-refractivity contribution in [2.75, 3.05) is 19.7 Å². The zero-order valence-electron chi connectivity index (χ0n) is 8.53. The van der Waals surface area contributed by atoms with Gasteiger partial charge in [-0.25, -0.2) is 4.98 Å². The number of nitrogens with one attached hydrogen (secondary N) is 2. The average molecular weight is 209 g/mol. The molecular weight excluding hydrogens is 194 g/mol. The van der Waals surface area contributed by atoms with Crippen molar-refractivity contribution < 1.29 is 9.15 Å². The summed E-state index contributed by atoms with van der Waals surface area (Å²) in [6.45, 7) is 2.60.